The number of esters is 1. The van der Waals surface area contributed by atoms with Crippen LogP contribution in [-0.4, -0.2) is 13.1 Å². The van der Waals surface area contributed by atoms with Gasteiger partial charge in [-0.15, -0.1) is 0 Å². The van der Waals surface area contributed by atoms with Gasteiger partial charge in [-0.25, -0.2) is 4.79 Å². The van der Waals surface area contributed by atoms with Gasteiger partial charge in [0.2, 0.25) is 0 Å². The number of ether oxygens (including phenoxy) is 1. The van der Waals surface area contributed by atoms with E-state index >= 15 is 0 Å². The lowest BCUT2D eigenvalue weighted by atomic mass is 9.88. The van der Waals surface area contributed by atoms with Gasteiger partial charge in [-0.3, -0.25) is 0 Å². The summed E-state index contributed by atoms with van der Waals surface area (Å²) in [6.07, 6.45) is -3.08. The molecule has 1 unspecified atom stereocenters. The standard InChI is InChI=1S/C18H15F3O2/c1-23-17(22)12-7-6-11-8-9-13(15(11)10-12)14-4-2-3-5-16(14)18(19,20)21/h2-7,10,13H,8-9H2,1H3. The van der Waals surface area contributed by atoms with Crippen molar-refractivity contribution < 1.29 is 22.7 Å². The summed E-state index contributed by atoms with van der Waals surface area (Å²) in [5.41, 5.74) is 1.79. The highest BCUT2D eigenvalue weighted by Crippen LogP contribution is 2.43. The number of fused-ring (bicyclic) bond motifs is 1. The van der Waals surface area contributed by atoms with Crippen molar-refractivity contribution in [3.63, 3.8) is 0 Å². The van der Waals surface area contributed by atoms with Crippen molar-refractivity contribution in [1.82, 2.24) is 0 Å². The minimum absolute atomic E-state index is 0.265. The largest absolute Gasteiger partial charge is 0.465 e. The number of carbonyl (C=O) groups excluding carboxylic acids is 1. The first-order valence-corrected chi connectivity index (χ1v) is 7.29. The van der Waals surface area contributed by atoms with Crippen LogP contribution in [0.3, 0.4) is 0 Å². The van der Waals surface area contributed by atoms with Crippen molar-refractivity contribution in [2.24, 2.45) is 0 Å². The Hall–Kier alpha value is -2.30. The predicted octanol–water partition coefficient (Wildman–Crippen LogP) is 4.57. The van der Waals surface area contributed by atoms with Crippen LogP contribution in [0.2, 0.25) is 0 Å². The summed E-state index contributed by atoms with van der Waals surface area (Å²) in [7, 11) is 1.28. The second kappa shape index (κ2) is 5.72. The van der Waals surface area contributed by atoms with E-state index in [1.165, 1.54) is 19.2 Å². The molecule has 23 heavy (non-hydrogen) atoms. The van der Waals surface area contributed by atoms with Gasteiger partial charge in [0.1, 0.15) is 0 Å². The average molecular weight is 320 g/mol. The number of hydrogen-bond donors (Lipinski definition) is 0. The topological polar surface area (TPSA) is 26.3 Å². The molecule has 120 valence electrons. The van der Waals surface area contributed by atoms with Gasteiger partial charge in [0.15, 0.2) is 0 Å². The van der Waals surface area contributed by atoms with Crippen molar-refractivity contribution in [2.45, 2.75) is 24.9 Å². The van der Waals surface area contributed by atoms with E-state index in [0.717, 1.165) is 17.2 Å². The van der Waals surface area contributed by atoms with Crippen LogP contribution in [-0.2, 0) is 17.3 Å². The van der Waals surface area contributed by atoms with E-state index in [1.807, 2.05) is 0 Å². The molecule has 0 radical (unpaired) electrons. The van der Waals surface area contributed by atoms with E-state index in [-0.39, 0.29) is 11.5 Å². The summed E-state index contributed by atoms with van der Waals surface area (Å²) in [4.78, 5) is 11.7. The van der Waals surface area contributed by atoms with Crippen LogP contribution in [0.4, 0.5) is 13.2 Å². The Morgan fingerprint density at radius 2 is 1.87 bits per heavy atom. The third-order valence-corrected chi connectivity index (χ3v) is 4.29. The maximum atomic E-state index is 13.3. The number of hydrogen-bond acceptors (Lipinski definition) is 2. The molecule has 2 aromatic rings. The van der Waals surface area contributed by atoms with Gasteiger partial charge in [0, 0.05) is 5.92 Å². The van der Waals surface area contributed by atoms with Crippen LogP contribution in [0.1, 0.15) is 45.0 Å². The third kappa shape index (κ3) is 2.83. The zero-order chi connectivity index (χ0) is 16.6. The molecule has 3 rings (SSSR count). The molecule has 2 nitrogen and oxygen atoms in total. The van der Waals surface area contributed by atoms with Crippen molar-refractivity contribution in [1.29, 1.82) is 0 Å². The monoisotopic (exact) mass is 320 g/mol. The third-order valence-electron chi connectivity index (χ3n) is 4.29. The van der Waals surface area contributed by atoms with Gasteiger partial charge in [-0.05, 0) is 47.7 Å². The van der Waals surface area contributed by atoms with Crippen LogP contribution < -0.4 is 0 Å². The van der Waals surface area contributed by atoms with Crippen molar-refractivity contribution >= 4 is 5.97 Å². The van der Waals surface area contributed by atoms with Gasteiger partial charge in [0.25, 0.3) is 0 Å². The summed E-state index contributed by atoms with van der Waals surface area (Å²) >= 11 is 0. The first-order chi connectivity index (χ1) is 10.9. The first kappa shape index (κ1) is 15.6. The molecular formula is C18H15F3O2. The van der Waals surface area contributed by atoms with E-state index in [9.17, 15) is 18.0 Å². The van der Waals surface area contributed by atoms with Crippen molar-refractivity contribution in [2.75, 3.05) is 7.11 Å². The van der Waals surface area contributed by atoms with E-state index in [4.69, 9.17) is 4.74 Å². The molecule has 0 heterocycles. The second-order valence-corrected chi connectivity index (χ2v) is 5.58. The van der Waals surface area contributed by atoms with Crippen LogP contribution in [0, 0.1) is 0 Å². The first-order valence-electron chi connectivity index (χ1n) is 7.29. The van der Waals surface area contributed by atoms with E-state index in [1.54, 1.807) is 24.3 Å². The average Bonchev–Trinajstić information content (AvgIpc) is 2.96. The van der Waals surface area contributed by atoms with Crippen LogP contribution in [0.5, 0.6) is 0 Å². The Labute approximate surface area is 131 Å². The molecule has 1 aliphatic carbocycles. The predicted molar refractivity (Wildman–Crippen MR) is 79.4 cm³/mol. The lowest BCUT2D eigenvalue weighted by Crippen LogP contribution is -2.12. The van der Waals surface area contributed by atoms with Crippen molar-refractivity contribution in [3.05, 3.63) is 70.3 Å². The lowest BCUT2D eigenvalue weighted by Gasteiger charge is -2.19. The van der Waals surface area contributed by atoms with E-state index in [0.29, 0.717) is 18.4 Å². The Balaban J connectivity index is 2.08. The summed E-state index contributed by atoms with van der Waals surface area (Å²) < 4.78 is 44.5. The molecule has 0 N–H and O–H groups in total. The normalized spacial score (nSPS) is 17.0. The van der Waals surface area contributed by atoms with Crippen LogP contribution >= 0.6 is 0 Å². The highest BCUT2D eigenvalue weighted by atomic mass is 19.4. The van der Waals surface area contributed by atoms with Crippen LogP contribution in [0.25, 0.3) is 0 Å². The molecule has 0 aliphatic heterocycles. The van der Waals surface area contributed by atoms with Gasteiger partial charge < -0.3 is 4.74 Å². The van der Waals surface area contributed by atoms with Gasteiger partial charge in [0.05, 0.1) is 18.2 Å². The number of methoxy groups -OCH3 is 1. The highest BCUT2D eigenvalue weighted by Gasteiger charge is 2.37. The van der Waals surface area contributed by atoms with Gasteiger partial charge in [-0.2, -0.15) is 13.2 Å². The lowest BCUT2D eigenvalue weighted by molar-refractivity contribution is -0.138. The molecule has 0 fully saturated rings. The highest BCUT2D eigenvalue weighted by molar-refractivity contribution is 5.89. The minimum atomic E-state index is -4.39. The van der Waals surface area contributed by atoms with Gasteiger partial charge in [-0.1, -0.05) is 24.3 Å². The fourth-order valence-electron chi connectivity index (χ4n) is 3.23. The summed E-state index contributed by atoms with van der Waals surface area (Å²) in [6, 6.07) is 10.8. The quantitative estimate of drug-likeness (QED) is 0.758. The Kier molecular flexibility index (Phi) is 3.88. The zero-order valence-electron chi connectivity index (χ0n) is 12.5. The van der Waals surface area contributed by atoms with Gasteiger partial charge >= 0.3 is 12.1 Å². The van der Waals surface area contributed by atoms with Crippen molar-refractivity contribution in [3.8, 4) is 0 Å². The Morgan fingerprint density at radius 1 is 1.13 bits per heavy atom. The van der Waals surface area contributed by atoms with Crippen LogP contribution in [0.15, 0.2) is 42.5 Å². The number of aryl methyl sites for hydroxylation is 1. The summed E-state index contributed by atoms with van der Waals surface area (Å²) in [6.45, 7) is 0. The zero-order valence-corrected chi connectivity index (χ0v) is 12.5. The maximum absolute atomic E-state index is 13.3. The number of carbonyl (C=O) groups is 1. The Morgan fingerprint density at radius 3 is 2.57 bits per heavy atom. The molecule has 0 saturated carbocycles. The maximum Gasteiger partial charge on any atom is 0.416 e. The van der Waals surface area contributed by atoms with E-state index in [2.05, 4.69) is 0 Å². The molecule has 5 heteroatoms. The van der Waals surface area contributed by atoms with E-state index < -0.39 is 17.7 Å². The summed E-state index contributed by atoms with van der Waals surface area (Å²) in [5, 5.41) is 0. The number of alkyl halides is 3. The minimum Gasteiger partial charge on any atom is -0.465 e. The number of benzene rings is 2. The molecule has 0 saturated heterocycles. The summed E-state index contributed by atoms with van der Waals surface area (Å²) in [5.74, 6) is -0.838. The molecule has 0 bridgehead atoms. The number of halogens is 3. The molecular weight excluding hydrogens is 305 g/mol. The second-order valence-electron chi connectivity index (χ2n) is 5.58. The molecule has 1 atom stereocenters. The smallest absolute Gasteiger partial charge is 0.416 e. The number of rotatable bonds is 2. The molecule has 0 aromatic heterocycles. The molecule has 2 aromatic carbocycles. The fourth-order valence-corrected chi connectivity index (χ4v) is 3.23. The molecule has 0 spiro atoms. The Bertz CT molecular complexity index is 750. The molecule has 1 aliphatic rings. The molecule has 0 amide bonds. The SMILES string of the molecule is COC(=O)c1ccc2c(c1)C(c1ccccc1C(F)(F)F)CC2. The fraction of sp³-hybridized carbons (Fsp3) is 0.278.